The van der Waals surface area contributed by atoms with Crippen LogP contribution in [0.15, 0.2) is 0 Å². The van der Waals surface area contributed by atoms with Crippen LogP contribution in [0.5, 0.6) is 0 Å². The van der Waals surface area contributed by atoms with Gasteiger partial charge in [0.1, 0.15) is 0 Å². The maximum absolute atomic E-state index is 14.3. The molecule has 0 aliphatic heterocycles. The summed E-state index contributed by atoms with van der Waals surface area (Å²) in [6, 6.07) is 0. The molecule has 0 nitrogen and oxygen atoms in total. The summed E-state index contributed by atoms with van der Waals surface area (Å²) in [6.07, 6.45) is -36.1. The average molecular weight is 1160 g/mol. The van der Waals surface area contributed by atoms with E-state index in [-0.39, 0.29) is 0 Å². The van der Waals surface area contributed by atoms with E-state index in [0.717, 1.165) is 0 Å². The molecule has 0 aliphatic rings. The Bertz CT molecular complexity index is 1400. The molecule has 0 amide bonds. The monoisotopic (exact) mass is 1160 g/mol. The molecule has 40 heteroatoms. The third-order valence-electron chi connectivity index (χ3n) is 8.37. The van der Waals surface area contributed by atoms with Gasteiger partial charge in [0.2, 0.25) is 0 Å². The van der Waals surface area contributed by atoms with Crippen LogP contribution in [0.2, 0.25) is 13.3 Å². The Kier molecular flexibility index (Phi) is 16.1. The van der Waals surface area contributed by atoms with Gasteiger partial charge >= 0.3 is 331 Å². The summed E-state index contributed by atoms with van der Waals surface area (Å²) in [4.78, 5) is 0. The van der Waals surface area contributed by atoms with Gasteiger partial charge in [-0.3, -0.25) is 0 Å². The van der Waals surface area contributed by atoms with Crippen molar-refractivity contribution in [2.75, 3.05) is 0 Å². The minimum atomic E-state index is -8.80. The van der Waals surface area contributed by atoms with Crippen molar-refractivity contribution in [3.8, 4) is 0 Å². The van der Waals surface area contributed by atoms with Crippen molar-refractivity contribution in [1.29, 1.82) is 0 Å². The molecule has 0 aromatic heterocycles. The zero-order chi connectivity index (χ0) is 52.8. The second-order valence-corrected chi connectivity index (χ2v) is 21.3. The van der Waals surface area contributed by atoms with Crippen LogP contribution >= 0.6 is 0 Å². The Morgan fingerprint density at radius 3 is 0.422 bits per heavy atom. The van der Waals surface area contributed by atoms with Crippen molar-refractivity contribution in [2.45, 2.75) is 140 Å². The SMILES string of the molecule is FC(F)(F)C(F)(F)C(F)(F)C(F)(F)C(F)(F)C(F)(F)C[CH2][Sn]([CH2]CC(F)(F)C(F)(F)C(F)(F)C(F)(F)C(F)(F)C(F)(F)F)[CH2]CC(F)(F)C(F)(F)C(F)(F)C(F)(F)C(F)(F)C(F)(F)F. The van der Waals surface area contributed by atoms with Crippen LogP contribution in [0.4, 0.5) is 171 Å². The molecule has 1 radical (unpaired) electrons. The van der Waals surface area contributed by atoms with E-state index < -0.39 is 160 Å². The molecule has 0 atom stereocenters. The second kappa shape index (κ2) is 16.6. The normalized spacial score (nSPS) is 16.9. The van der Waals surface area contributed by atoms with Crippen molar-refractivity contribution in [3.63, 3.8) is 0 Å². The van der Waals surface area contributed by atoms with Crippen molar-refractivity contribution in [2.24, 2.45) is 0 Å². The van der Waals surface area contributed by atoms with Gasteiger partial charge in [-0.15, -0.1) is 0 Å². The van der Waals surface area contributed by atoms with Gasteiger partial charge in [-0.05, 0) is 0 Å². The molecule has 0 saturated heterocycles. The molecule has 0 saturated carbocycles. The van der Waals surface area contributed by atoms with E-state index in [9.17, 15) is 171 Å². The number of hydrogen-bond donors (Lipinski definition) is 0. The third kappa shape index (κ3) is 9.18. The molecule has 0 unspecified atom stereocenters. The third-order valence-corrected chi connectivity index (χ3v) is 16.6. The fourth-order valence-electron chi connectivity index (χ4n) is 4.25. The van der Waals surface area contributed by atoms with Crippen molar-refractivity contribution in [3.05, 3.63) is 0 Å². The molecule has 64 heavy (non-hydrogen) atoms. The molecular formula is C24H12F39Sn. The van der Waals surface area contributed by atoms with E-state index in [4.69, 9.17) is 0 Å². The van der Waals surface area contributed by atoms with E-state index in [2.05, 4.69) is 0 Å². The van der Waals surface area contributed by atoms with E-state index in [1.165, 1.54) is 0 Å². The van der Waals surface area contributed by atoms with Gasteiger partial charge in [-0.1, -0.05) is 0 Å². The zero-order valence-corrected chi connectivity index (χ0v) is 31.3. The summed E-state index contributed by atoms with van der Waals surface area (Å²) >= 11 is -6.73. The molecule has 0 aromatic rings. The maximum atomic E-state index is 14.3. The van der Waals surface area contributed by atoms with Gasteiger partial charge < -0.3 is 0 Å². The van der Waals surface area contributed by atoms with Crippen molar-refractivity contribution in [1.82, 2.24) is 0 Å². The van der Waals surface area contributed by atoms with Crippen LogP contribution in [0.25, 0.3) is 0 Å². The average Bonchev–Trinajstić information content (AvgIpc) is 3.05. The van der Waals surface area contributed by atoms with Crippen LogP contribution in [-0.2, 0) is 0 Å². The molecule has 385 valence electrons. The van der Waals surface area contributed by atoms with Crippen molar-refractivity contribution >= 4 is 19.8 Å². The van der Waals surface area contributed by atoms with E-state index in [1.807, 2.05) is 0 Å². The summed E-state index contributed by atoms with van der Waals surface area (Å²) in [5.41, 5.74) is 0. The van der Waals surface area contributed by atoms with Gasteiger partial charge in [-0.25, -0.2) is 0 Å². The Morgan fingerprint density at radius 2 is 0.297 bits per heavy atom. The van der Waals surface area contributed by atoms with Gasteiger partial charge in [0.05, 0.1) is 0 Å². The van der Waals surface area contributed by atoms with E-state index in [0.29, 0.717) is 0 Å². The van der Waals surface area contributed by atoms with Gasteiger partial charge in [0.15, 0.2) is 0 Å². The molecule has 0 spiro atoms. The van der Waals surface area contributed by atoms with Crippen molar-refractivity contribution < 1.29 is 171 Å². The number of rotatable bonds is 21. The molecular weight excluding hydrogens is 1150 g/mol. The second-order valence-electron chi connectivity index (χ2n) is 12.7. The molecule has 0 aromatic carbocycles. The fourth-order valence-corrected chi connectivity index (χ4v) is 12.1. The first kappa shape index (κ1) is 62.1. The molecule has 0 rings (SSSR count). The zero-order valence-electron chi connectivity index (χ0n) is 28.5. The minimum absolute atomic E-state index is 3.09. The van der Waals surface area contributed by atoms with Crippen LogP contribution < -0.4 is 0 Å². The first-order chi connectivity index (χ1) is 27.0. The summed E-state index contributed by atoms with van der Waals surface area (Å²) in [5, 5.41) is 0. The molecule has 0 heterocycles. The first-order valence-corrected chi connectivity index (χ1v) is 20.8. The first-order valence-electron chi connectivity index (χ1n) is 14.7. The van der Waals surface area contributed by atoms with Crippen LogP contribution in [-0.4, -0.2) is 127 Å². The topological polar surface area (TPSA) is 0 Å². The Balaban J connectivity index is 7.50. The Morgan fingerprint density at radius 1 is 0.172 bits per heavy atom. The molecule has 0 N–H and O–H groups in total. The molecule has 0 aliphatic carbocycles. The number of alkyl halides is 39. The standard InChI is InChI=1S/3C8H4F13.Sn/c3*1-2-3(9,10)4(11,12)5(13,14)6(15,16)7(17,18)8(19,20)21;/h3*1-2H2;. The number of halogens is 39. The van der Waals surface area contributed by atoms with Crippen LogP contribution in [0.1, 0.15) is 19.3 Å². The van der Waals surface area contributed by atoms with E-state index in [1.54, 1.807) is 0 Å². The van der Waals surface area contributed by atoms with Crippen LogP contribution in [0, 0.1) is 0 Å². The van der Waals surface area contributed by atoms with Gasteiger partial charge in [0.25, 0.3) is 0 Å². The summed E-state index contributed by atoms with van der Waals surface area (Å²) in [6.45, 7) is 0. The summed E-state index contributed by atoms with van der Waals surface area (Å²) in [5.74, 6) is -126. The number of hydrogen-bond acceptors (Lipinski definition) is 0. The van der Waals surface area contributed by atoms with E-state index >= 15 is 0 Å². The fraction of sp³-hybridized carbons (Fsp3) is 1.00. The summed E-state index contributed by atoms with van der Waals surface area (Å²) in [7, 11) is 0. The Hall–Kier alpha value is -1.93. The van der Waals surface area contributed by atoms with Gasteiger partial charge in [-0.2, -0.15) is 0 Å². The molecule has 0 bridgehead atoms. The quantitative estimate of drug-likeness (QED) is 0.0794. The predicted octanol–water partition coefficient (Wildman–Crippen LogP) is 14.9. The molecule has 0 fully saturated rings. The predicted molar refractivity (Wildman–Crippen MR) is 126 cm³/mol. The Labute approximate surface area is 331 Å². The van der Waals surface area contributed by atoms with Crippen LogP contribution in [0.3, 0.4) is 0 Å². The van der Waals surface area contributed by atoms with Gasteiger partial charge in [0, 0.05) is 0 Å². The summed E-state index contributed by atoms with van der Waals surface area (Å²) < 4.78 is 513.